The molecule has 1 aliphatic rings. The average Bonchev–Trinajstić information content (AvgIpc) is 2.66. The summed E-state index contributed by atoms with van der Waals surface area (Å²) in [5, 5.41) is 4.89. The molecule has 0 aromatic rings. The van der Waals surface area contributed by atoms with Gasteiger partial charge < -0.3 is 20.3 Å². The van der Waals surface area contributed by atoms with E-state index in [2.05, 4.69) is 15.6 Å². The lowest BCUT2D eigenvalue weighted by atomic mass is 10.2. The predicted molar refractivity (Wildman–Crippen MR) is 121 cm³/mol. The summed E-state index contributed by atoms with van der Waals surface area (Å²) in [6.45, 7) is 5.57. The van der Waals surface area contributed by atoms with Crippen molar-refractivity contribution in [2.75, 3.05) is 46.4 Å². The first-order chi connectivity index (χ1) is 13.8. The fraction of sp³-hybridized carbons (Fsp3) is 0.722. The Labute approximate surface area is 195 Å². The second-order valence-electron chi connectivity index (χ2n) is 6.67. The minimum absolute atomic E-state index is 0. The number of likely N-dealkylation sites (N-methyl/N-ethyl adjacent to an activating group) is 1. The Morgan fingerprint density at radius 3 is 2.42 bits per heavy atom. The summed E-state index contributed by atoms with van der Waals surface area (Å²) in [7, 11) is 1.55. The Balaban J connectivity index is 0. The average molecular weight is 485 g/mol. The normalized spacial score (nSPS) is 15.1. The van der Waals surface area contributed by atoms with Crippen molar-refractivity contribution in [3.8, 4) is 0 Å². The van der Waals surface area contributed by atoms with Gasteiger partial charge in [-0.15, -0.1) is 24.8 Å². The molecule has 0 aromatic heterocycles. The first-order valence-corrected chi connectivity index (χ1v) is 9.75. The van der Waals surface area contributed by atoms with Crippen molar-refractivity contribution in [1.29, 1.82) is 0 Å². The molecule has 4 N–H and O–H groups in total. The molecule has 1 unspecified atom stereocenters. The molecule has 13 heteroatoms. The van der Waals surface area contributed by atoms with Crippen LogP contribution in [0.25, 0.3) is 0 Å². The van der Waals surface area contributed by atoms with Crippen LogP contribution < -0.4 is 16.4 Å². The molecule has 0 saturated heterocycles. The van der Waals surface area contributed by atoms with Gasteiger partial charge in [-0.25, -0.2) is 4.99 Å². The van der Waals surface area contributed by atoms with E-state index >= 15 is 0 Å². The molecule has 0 fully saturated rings. The number of nitrogens with one attached hydrogen (secondary N) is 2. The minimum Gasteiger partial charge on any atom is -0.466 e. The molecule has 0 aliphatic carbocycles. The SMILES string of the molecule is CCOC(=O)CCN(CCCN)CCC(=O)N(C)C1CN=C(NC(C)=O)NC1=O.Cl.Cl. The minimum atomic E-state index is -0.739. The second-order valence-corrected chi connectivity index (χ2v) is 6.67. The standard InChI is InChI=1S/C18H32N6O5.2ClH/c1-4-29-16(27)7-11-24(9-5-8-19)10-6-15(26)23(3)14-12-20-18(21-13(2)25)22-17(14)28;;/h14H,4-12,19H2,1-3H3,(H2,20,21,22,25,28);2*1H. The van der Waals surface area contributed by atoms with Gasteiger partial charge in [0.25, 0.3) is 5.91 Å². The van der Waals surface area contributed by atoms with Gasteiger partial charge in [0.2, 0.25) is 17.8 Å². The zero-order valence-corrected chi connectivity index (χ0v) is 19.9. The number of nitrogens with zero attached hydrogens (tertiary/aromatic N) is 3. The van der Waals surface area contributed by atoms with Crippen molar-refractivity contribution in [3.05, 3.63) is 0 Å². The summed E-state index contributed by atoms with van der Waals surface area (Å²) >= 11 is 0. The van der Waals surface area contributed by atoms with Gasteiger partial charge in [-0.05, 0) is 26.4 Å². The van der Waals surface area contributed by atoms with Gasteiger partial charge in [0.15, 0.2) is 0 Å². The molecule has 1 atom stereocenters. The Hall–Kier alpha value is -1.95. The summed E-state index contributed by atoms with van der Waals surface area (Å²) < 4.78 is 4.94. The quantitative estimate of drug-likeness (QED) is 0.327. The fourth-order valence-corrected chi connectivity index (χ4v) is 2.77. The lowest BCUT2D eigenvalue weighted by Crippen LogP contribution is -2.57. The summed E-state index contributed by atoms with van der Waals surface area (Å²) in [6.07, 6.45) is 1.18. The summed E-state index contributed by atoms with van der Waals surface area (Å²) in [5.74, 6) is -1.14. The Bertz CT molecular complexity index is 635. The van der Waals surface area contributed by atoms with Crippen LogP contribution in [0.5, 0.6) is 0 Å². The van der Waals surface area contributed by atoms with Gasteiger partial charge in [-0.2, -0.15) is 0 Å². The number of halogens is 2. The molecule has 1 heterocycles. The Morgan fingerprint density at radius 1 is 1.23 bits per heavy atom. The van der Waals surface area contributed by atoms with Crippen molar-refractivity contribution in [3.63, 3.8) is 0 Å². The first-order valence-electron chi connectivity index (χ1n) is 9.75. The number of amides is 3. The van der Waals surface area contributed by atoms with E-state index in [1.54, 1.807) is 14.0 Å². The van der Waals surface area contributed by atoms with E-state index in [-0.39, 0.29) is 67.9 Å². The largest absolute Gasteiger partial charge is 0.466 e. The third-order valence-corrected chi connectivity index (χ3v) is 4.38. The molecule has 11 nitrogen and oxygen atoms in total. The van der Waals surface area contributed by atoms with Gasteiger partial charge in [0, 0.05) is 33.5 Å². The number of hydrogen-bond acceptors (Lipinski definition) is 8. The molecule has 0 saturated carbocycles. The number of ether oxygens (including phenoxy) is 1. The molecule has 1 aliphatic heterocycles. The molecule has 0 aromatic carbocycles. The molecule has 1 rings (SSSR count). The summed E-state index contributed by atoms with van der Waals surface area (Å²) in [4.78, 5) is 54.8. The molecule has 0 radical (unpaired) electrons. The number of aliphatic imine (C=N–C) groups is 1. The van der Waals surface area contributed by atoms with E-state index in [0.717, 1.165) is 6.42 Å². The van der Waals surface area contributed by atoms with Crippen LogP contribution in [-0.4, -0.2) is 91.9 Å². The van der Waals surface area contributed by atoms with Crippen LogP contribution in [0.2, 0.25) is 0 Å². The van der Waals surface area contributed by atoms with Crippen molar-refractivity contribution >= 4 is 54.5 Å². The fourth-order valence-electron chi connectivity index (χ4n) is 2.77. The van der Waals surface area contributed by atoms with Crippen molar-refractivity contribution in [2.45, 2.75) is 39.2 Å². The van der Waals surface area contributed by atoms with E-state index in [4.69, 9.17) is 10.5 Å². The number of nitrogens with two attached hydrogens (primary N) is 1. The molecule has 0 spiro atoms. The van der Waals surface area contributed by atoms with E-state index in [9.17, 15) is 19.2 Å². The van der Waals surface area contributed by atoms with Crippen LogP contribution in [0.3, 0.4) is 0 Å². The number of rotatable bonds is 11. The van der Waals surface area contributed by atoms with Gasteiger partial charge in [0.1, 0.15) is 6.04 Å². The van der Waals surface area contributed by atoms with Crippen LogP contribution in [0, 0.1) is 0 Å². The smallest absolute Gasteiger partial charge is 0.307 e. The summed E-state index contributed by atoms with van der Waals surface area (Å²) in [6, 6.07) is -0.739. The molecule has 0 bridgehead atoms. The highest BCUT2D eigenvalue weighted by Gasteiger charge is 2.30. The number of carbonyl (C=O) groups excluding carboxylic acids is 4. The highest BCUT2D eigenvalue weighted by molar-refractivity contribution is 6.07. The van der Waals surface area contributed by atoms with Crippen LogP contribution in [0.4, 0.5) is 0 Å². The third-order valence-electron chi connectivity index (χ3n) is 4.38. The first kappa shape index (κ1) is 31.2. The van der Waals surface area contributed by atoms with Gasteiger partial charge in [-0.1, -0.05) is 0 Å². The highest BCUT2D eigenvalue weighted by atomic mass is 35.5. The molecule has 3 amide bonds. The second kappa shape index (κ2) is 16.7. The van der Waals surface area contributed by atoms with Gasteiger partial charge in [0.05, 0.1) is 19.6 Å². The van der Waals surface area contributed by atoms with E-state index in [0.29, 0.717) is 32.8 Å². The zero-order chi connectivity index (χ0) is 21.8. The van der Waals surface area contributed by atoms with Crippen LogP contribution in [0.15, 0.2) is 4.99 Å². The molecule has 180 valence electrons. The van der Waals surface area contributed by atoms with E-state index in [1.807, 2.05) is 4.90 Å². The topological polar surface area (TPSA) is 146 Å². The maximum Gasteiger partial charge on any atom is 0.307 e. The number of hydrogen-bond donors (Lipinski definition) is 3. The molecular weight excluding hydrogens is 451 g/mol. The third kappa shape index (κ3) is 11.9. The maximum absolute atomic E-state index is 12.6. The lowest BCUT2D eigenvalue weighted by Gasteiger charge is -2.30. The van der Waals surface area contributed by atoms with Crippen molar-refractivity contribution < 1.29 is 23.9 Å². The van der Waals surface area contributed by atoms with Crippen LogP contribution in [-0.2, 0) is 23.9 Å². The molecular formula is C18H34Cl2N6O5. The molecule has 31 heavy (non-hydrogen) atoms. The lowest BCUT2D eigenvalue weighted by molar-refractivity contribution is -0.143. The van der Waals surface area contributed by atoms with Gasteiger partial charge in [-0.3, -0.25) is 29.8 Å². The van der Waals surface area contributed by atoms with Crippen molar-refractivity contribution in [1.82, 2.24) is 20.4 Å². The zero-order valence-electron chi connectivity index (χ0n) is 18.2. The van der Waals surface area contributed by atoms with Crippen LogP contribution >= 0.6 is 24.8 Å². The van der Waals surface area contributed by atoms with Gasteiger partial charge >= 0.3 is 5.97 Å². The number of guanidine groups is 1. The summed E-state index contributed by atoms with van der Waals surface area (Å²) in [5.41, 5.74) is 5.56. The van der Waals surface area contributed by atoms with Crippen LogP contribution in [0.1, 0.15) is 33.1 Å². The maximum atomic E-state index is 12.6. The predicted octanol–water partition coefficient (Wildman–Crippen LogP) is -0.727. The number of esters is 1. The Kier molecular flexibility index (Phi) is 16.8. The monoisotopic (exact) mass is 484 g/mol. The highest BCUT2D eigenvalue weighted by Crippen LogP contribution is 2.06. The number of carbonyl (C=O) groups is 4. The van der Waals surface area contributed by atoms with Crippen molar-refractivity contribution in [2.24, 2.45) is 10.7 Å². The van der Waals surface area contributed by atoms with E-state index in [1.165, 1.54) is 11.8 Å². The Morgan fingerprint density at radius 2 is 1.87 bits per heavy atom. The van der Waals surface area contributed by atoms with E-state index < -0.39 is 11.9 Å².